The summed E-state index contributed by atoms with van der Waals surface area (Å²) in [4.78, 5) is 2.05. The number of thiocarbonyl (C=S) groups is 1. The first kappa shape index (κ1) is 14.3. The van der Waals surface area contributed by atoms with E-state index in [1.54, 1.807) is 7.11 Å². The van der Waals surface area contributed by atoms with Gasteiger partial charge in [0.2, 0.25) is 0 Å². The minimum absolute atomic E-state index is 0.131. The molecular weight excluding hydrogens is 308 g/mol. The molecule has 0 unspecified atom stereocenters. The van der Waals surface area contributed by atoms with E-state index in [1.165, 1.54) is 0 Å². The Morgan fingerprint density at radius 1 is 1.22 bits per heavy atom. The molecule has 1 saturated heterocycles. The van der Waals surface area contributed by atoms with Crippen LogP contribution in [0.15, 0.2) is 48.5 Å². The SMILES string of the molecule is COc1cccc2c1O[C@]1(C)C[C@H]2NC(=S)N1c1ccccc1. The van der Waals surface area contributed by atoms with Crippen LogP contribution in [-0.2, 0) is 0 Å². The van der Waals surface area contributed by atoms with Crippen LogP contribution in [0.1, 0.15) is 24.9 Å². The minimum Gasteiger partial charge on any atom is -0.493 e. The molecular formula is C18H18N2O2S. The third-order valence-electron chi connectivity index (χ3n) is 4.50. The molecule has 2 aliphatic heterocycles. The average Bonchev–Trinajstić information content (AvgIpc) is 2.54. The fraction of sp³-hybridized carbons (Fsp3) is 0.278. The number of rotatable bonds is 2. The van der Waals surface area contributed by atoms with Gasteiger partial charge in [0, 0.05) is 17.7 Å². The maximum Gasteiger partial charge on any atom is 0.188 e. The van der Waals surface area contributed by atoms with Crippen molar-refractivity contribution >= 4 is 23.0 Å². The zero-order valence-corrected chi connectivity index (χ0v) is 13.9. The van der Waals surface area contributed by atoms with Crippen LogP contribution in [0, 0.1) is 0 Å². The number of nitrogens with zero attached hydrogens (tertiary/aromatic N) is 1. The van der Waals surface area contributed by atoms with Crippen LogP contribution in [-0.4, -0.2) is 17.9 Å². The second kappa shape index (κ2) is 5.13. The number of benzene rings is 2. The number of nitrogens with one attached hydrogen (secondary N) is 1. The average molecular weight is 326 g/mol. The van der Waals surface area contributed by atoms with Crippen molar-refractivity contribution in [2.45, 2.75) is 25.1 Å². The van der Waals surface area contributed by atoms with Gasteiger partial charge in [0.25, 0.3) is 0 Å². The number of methoxy groups -OCH3 is 1. The van der Waals surface area contributed by atoms with Gasteiger partial charge in [-0.3, -0.25) is 4.90 Å². The van der Waals surface area contributed by atoms with Crippen LogP contribution in [0.4, 0.5) is 5.69 Å². The fourth-order valence-electron chi connectivity index (χ4n) is 3.49. The maximum absolute atomic E-state index is 6.42. The van der Waals surface area contributed by atoms with Crippen LogP contribution in [0.3, 0.4) is 0 Å². The molecule has 2 aromatic rings. The molecule has 2 aromatic carbocycles. The zero-order valence-electron chi connectivity index (χ0n) is 13.1. The van der Waals surface area contributed by atoms with Crippen LogP contribution >= 0.6 is 12.2 Å². The molecule has 2 aliphatic rings. The molecule has 2 heterocycles. The largest absolute Gasteiger partial charge is 0.493 e. The van der Waals surface area contributed by atoms with E-state index in [1.807, 2.05) is 47.4 Å². The van der Waals surface area contributed by atoms with Gasteiger partial charge in [-0.25, -0.2) is 0 Å². The molecule has 0 amide bonds. The number of ether oxygens (including phenoxy) is 2. The van der Waals surface area contributed by atoms with Crippen LogP contribution in [0.2, 0.25) is 0 Å². The Morgan fingerprint density at radius 2 is 2.00 bits per heavy atom. The molecule has 0 saturated carbocycles. The molecule has 0 radical (unpaired) electrons. The highest BCUT2D eigenvalue weighted by Crippen LogP contribution is 2.48. The van der Waals surface area contributed by atoms with Gasteiger partial charge >= 0.3 is 0 Å². The Kier molecular flexibility index (Phi) is 3.20. The summed E-state index contributed by atoms with van der Waals surface area (Å²) in [6, 6.07) is 16.2. The van der Waals surface area contributed by atoms with Gasteiger partial charge in [0.1, 0.15) is 0 Å². The number of hydrogen-bond donors (Lipinski definition) is 1. The van der Waals surface area contributed by atoms with Gasteiger partial charge in [0.05, 0.1) is 13.2 Å². The number of para-hydroxylation sites is 2. The van der Waals surface area contributed by atoms with E-state index in [9.17, 15) is 0 Å². The summed E-state index contributed by atoms with van der Waals surface area (Å²) in [5.74, 6) is 1.55. The normalized spacial score (nSPS) is 25.2. The summed E-state index contributed by atoms with van der Waals surface area (Å²) in [7, 11) is 1.67. The smallest absolute Gasteiger partial charge is 0.188 e. The topological polar surface area (TPSA) is 33.7 Å². The Balaban J connectivity index is 1.83. The Labute approximate surface area is 141 Å². The summed E-state index contributed by atoms with van der Waals surface area (Å²) in [6.07, 6.45) is 0.808. The van der Waals surface area contributed by atoms with E-state index in [-0.39, 0.29) is 6.04 Å². The molecule has 4 nitrogen and oxygen atoms in total. The summed E-state index contributed by atoms with van der Waals surface area (Å²) >= 11 is 5.63. The van der Waals surface area contributed by atoms with E-state index in [4.69, 9.17) is 21.7 Å². The number of anilines is 1. The quantitative estimate of drug-likeness (QED) is 0.852. The molecule has 1 N–H and O–H groups in total. The van der Waals surface area contributed by atoms with Crippen molar-refractivity contribution in [1.29, 1.82) is 0 Å². The second-order valence-corrected chi connectivity index (χ2v) is 6.42. The van der Waals surface area contributed by atoms with Crippen molar-refractivity contribution in [3.05, 3.63) is 54.1 Å². The maximum atomic E-state index is 6.42. The molecule has 2 atom stereocenters. The van der Waals surface area contributed by atoms with Crippen molar-refractivity contribution in [3.63, 3.8) is 0 Å². The van der Waals surface area contributed by atoms with Gasteiger partial charge in [-0.05, 0) is 37.3 Å². The molecule has 2 bridgehead atoms. The molecule has 4 rings (SSSR count). The minimum atomic E-state index is -0.546. The summed E-state index contributed by atoms with van der Waals surface area (Å²) in [5, 5.41) is 4.13. The van der Waals surface area contributed by atoms with Gasteiger partial charge in [0.15, 0.2) is 22.3 Å². The lowest BCUT2D eigenvalue weighted by atomic mass is 9.90. The predicted octanol–water partition coefficient (Wildman–Crippen LogP) is 3.63. The van der Waals surface area contributed by atoms with Gasteiger partial charge < -0.3 is 14.8 Å². The molecule has 5 heteroatoms. The highest BCUT2D eigenvalue weighted by Gasteiger charge is 2.49. The Morgan fingerprint density at radius 3 is 2.74 bits per heavy atom. The van der Waals surface area contributed by atoms with Crippen LogP contribution < -0.4 is 19.7 Å². The van der Waals surface area contributed by atoms with Gasteiger partial charge in [-0.2, -0.15) is 0 Å². The van der Waals surface area contributed by atoms with Crippen molar-refractivity contribution in [2.75, 3.05) is 12.0 Å². The van der Waals surface area contributed by atoms with E-state index >= 15 is 0 Å². The standard InChI is InChI=1S/C18H18N2O2S/c1-18-11-14(13-9-6-10-15(21-2)16(13)22-18)19-17(23)20(18)12-7-4-3-5-8-12/h3-10,14H,11H2,1-2H3,(H,19,23)/t14-,18-/m1/s1. The predicted molar refractivity (Wildman–Crippen MR) is 94.0 cm³/mol. The van der Waals surface area contributed by atoms with Crippen LogP contribution in [0.25, 0.3) is 0 Å². The molecule has 0 aliphatic carbocycles. The lowest BCUT2D eigenvalue weighted by Gasteiger charge is -2.52. The number of fused-ring (bicyclic) bond motifs is 4. The highest BCUT2D eigenvalue weighted by molar-refractivity contribution is 7.80. The molecule has 0 aromatic heterocycles. The van der Waals surface area contributed by atoms with Crippen molar-refractivity contribution in [3.8, 4) is 11.5 Å². The van der Waals surface area contributed by atoms with Crippen molar-refractivity contribution in [1.82, 2.24) is 5.32 Å². The van der Waals surface area contributed by atoms with E-state index in [2.05, 4.69) is 18.3 Å². The Bertz CT molecular complexity index is 765. The molecule has 23 heavy (non-hydrogen) atoms. The summed E-state index contributed by atoms with van der Waals surface area (Å²) in [5.41, 5.74) is 1.57. The first-order valence-corrected chi connectivity index (χ1v) is 8.05. The number of hydrogen-bond acceptors (Lipinski definition) is 3. The Hall–Kier alpha value is -2.27. The third kappa shape index (κ3) is 2.15. The monoisotopic (exact) mass is 326 g/mol. The van der Waals surface area contributed by atoms with Crippen LogP contribution in [0.5, 0.6) is 11.5 Å². The first-order chi connectivity index (χ1) is 11.1. The lowest BCUT2D eigenvalue weighted by molar-refractivity contribution is 0.0464. The molecule has 0 spiro atoms. The van der Waals surface area contributed by atoms with Gasteiger partial charge in [-0.15, -0.1) is 0 Å². The van der Waals surface area contributed by atoms with E-state index in [0.717, 1.165) is 29.2 Å². The van der Waals surface area contributed by atoms with Crippen molar-refractivity contribution in [2.24, 2.45) is 0 Å². The highest BCUT2D eigenvalue weighted by atomic mass is 32.1. The van der Waals surface area contributed by atoms with Crippen molar-refractivity contribution < 1.29 is 9.47 Å². The molecule has 118 valence electrons. The first-order valence-electron chi connectivity index (χ1n) is 7.64. The van der Waals surface area contributed by atoms with E-state index in [0.29, 0.717) is 5.11 Å². The summed E-state index contributed by atoms with van der Waals surface area (Å²) < 4.78 is 11.9. The van der Waals surface area contributed by atoms with Gasteiger partial charge in [-0.1, -0.05) is 30.3 Å². The second-order valence-electron chi connectivity index (χ2n) is 6.03. The fourth-order valence-corrected chi connectivity index (χ4v) is 3.93. The zero-order chi connectivity index (χ0) is 16.0. The van der Waals surface area contributed by atoms with E-state index < -0.39 is 5.72 Å². The lowest BCUT2D eigenvalue weighted by Crippen LogP contribution is -2.65. The molecule has 1 fully saturated rings. The third-order valence-corrected chi connectivity index (χ3v) is 4.80. The summed E-state index contributed by atoms with van der Waals surface area (Å²) in [6.45, 7) is 2.08.